The molecule has 0 atom stereocenters. The summed E-state index contributed by atoms with van der Waals surface area (Å²) in [7, 11) is -1.61. The molecule has 0 bridgehead atoms. The van der Waals surface area contributed by atoms with Crippen LogP contribution < -0.4 is 5.56 Å². The van der Waals surface area contributed by atoms with E-state index in [1.165, 1.54) is 17.0 Å². The van der Waals surface area contributed by atoms with E-state index in [1.807, 2.05) is 12.1 Å². The number of aromatic nitrogens is 4. The second-order valence-electron chi connectivity index (χ2n) is 6.08. The molecule has 0 fully saturated rings. The van der Waals surface area contributed by atoms with E-state index in [1.54, 1.807) is 20.9 Å². The summed E-state index contributed by atoms with van der Waals surface area (Å²) in [5, 5.41) is 0.562. The van der Waals surface area contributed by atoms with Crippen molar-refractivity contribution in [3.8, 4) is 11.5 Å². The number of halogens is 2. The molecule has 0 saturated heterocycles. The summed E-state index contributed by atoms with van der Waals surface area (Å²) in [5.41, 5.74) is 1.41. The monoisotopic (exact) mass is 640 g/mol. The Balaban J connectivity index is 2.00. The Morgan fingerprint density at radius 3 is 2.38 bits per heavy atom. The SMILES string of the molecule is CCOP(=O)(Cc1cnc(-c2nc3c(I)cc(I)cc3c(=O)n2C)cn1)OCC. The van der Waals surface area contributed by atoms with Gasteiger partial charge in [0.2, 0.25) is 0 Å². The van der Waals surface area contributed by atoms with Crippen molar-refractivity contribution in [2.75, 3.05) is 13.2 Å². The Hall–Kier alpha value is -0.950. The Kier molecular flexibility index (Phi) is 7.41. The quantitative estimate of drug-likeness (QED) is 0.280. The summed E-state index contributed by atoms with van der Waals surface area (Å²) in [5.74, 6) is 0.415. The second-order valence-corrected chi connectivity index (χ2v) is 10.5. The van der Waals surface area contributed by atoms with Gasteiger partial charge in [-0.25, -0.2) is 9.97 Å². The van der Waals surface area contributed by atoms with Gasteiger partial charge in [0, 0.05) is 20.4 Å². The van der Waals surface area contributed by atoms with Crippen molar-refractivity contribution in [1.82, 2.24) is 19.5 Å². The number of rotatable bonds is 7. The van der Waals surface area contributed by atoms with E-state index in [4.69, 9.17) is 9.05 Å². The topological polar surface area (TPSA) is 96.2 Å². The van der Waals surface area contributed by atoms with E-state index in [9.17, 15) is 9.36 Å². The van der Waals surface area contributed by atoms with Crippen LogP contribution in [0.5, 0.6) is 0 Å². The zero-order chi connectivity index (χ0) is 21.2. The molecule has 2 heterocycles. The van der Waals surface area contributed by atoms with Gasteiger partial charge in [-0.05, 0) is 71.2 Å². The zero-order valence-corrected chi connectivity index (χ0v) is 21.3. The molecule has 3 aromatic rings. The van der Waals surface area contributed by atoms with Crippen molar-refractivity contribution >= 4 is 63.7 Å². The van der Waals surface area contributed by atoms with Crippen LogP contribution in [0.15, 0.2) is 29.3 Å². The van der Waals surface area contributed by atoms with E-state index in [2.05, 4.69) is 60.1 Å². The van der Waals surface area contributed by atoms with Gasteiger partial charge in [0.05, 0.1) is 42.2 Å². The highest BCUT2D eigenvalue weighted by atomic mass is 127. The van der Waals surface area contributed by atoms with Gasteiger partial charge in [-0.2, -0.15) is 0 Å². The number of hydrogen-bond acceptors (Lipinski definition) is 7. The summed E-state index contributed by atoms with van der Waals surface area (Å²) in [6, 6.07) is 3.79. The lowest BCUT2D eigenvalue weighted by Crippen LogP contribution is -2.21. The Labute approximate surface area is 195 Å². The van der Waals surface area contributed by atoms with Crippen LogP contribution in [0.4, 0.5) is 0 Å². The summed E-state index contributed by atoms with van der Waals surface area (Å²) < 4.78 is 26.6. The molecule has 0 aliphatic heterocycles. The lowest BCUT2D eigenvalue weighted by molar-refractivity contribution is 0.219. The Morgan fingerprint density at radius 1 is 1.10 bits per heavy atom. The van der Waals surface area contributed by atoms with Gasteiger partial charge in [-0.15, -0.1) is 0 Å². The molecule has 0 saturated carbocycles. The molecule has 0 N–H and O–H groups in total. The molecule has 0 amide bonds. The Bertz CT molecular complexity index is 1140. The molecular formula is C18H19I2N4O4P. The van der Waals surface area contributed by atoms with Crippen molar-refractivity contribution in [2.24, 2.45) is 7.05 Å². The number of nitrogens with zero attached hydrogens (tertiary/aromatic N) is 4. The predicted molar refractivity (Wildman–Crippen MR) is 128 cm³/mol. The molecule has 0 unspecified atom stereocenters. The van der Waals surface area contributed by atoms with Crippen LogP contribution in [0.25, 0.3) is 22.4 Å². The van der Waals surface area contributed by atoms with Crippen LogP contribution in [-0.2, 0) is 26.8 Å². The van der Waals surface area contributed by atoms with E-state index >= 15 is 0 Å². The molecule has 154 valence electrons. The molecule has 0 radical (unpaired) electrons. The van der Waals surface area contributed by atoms with Gasteiger partial charge < -0.3 is 9.05 Å². The van der Waals surface area contributed by atoms with Gasteiger partial charge in [0.1, 0.15) is 5.69 Å². The van der Waals surface area contributed by atoms with Gasteiger partial charge >= 0.3 is 7.60 Å². The summed E-state index contributed by atoms with van der Waals surface area (Å²) in [6.07, 6.45) is 3.06. The zero-order valence-electron chi connectivity index (χ0n) is 16.1. The van der Waals surface area contributed by atoms with E-state index in [-0.39, 0.29) is 24.9 Å². The third-order valence-corrected chi connectivity index (χ3v) is 7.50. The number of fused-ring (bicyclic) bond motifs is 1. The van der Waals surface area contributed by atoms with Crippen LogP contribution in [0.2, 0.25) is 0 Å². The highest BCUT2D eigenvalue weighted by Gasteiger charge is 2.25. The van der Waals surface area contributed by atoms with Crippen molar-refractivity contribution in [1.29, 1.82) is 0 Å². The second kappa shape index (κ2) is 9.46. The van der Waals surface area contributed by atoms with Gasteiger partial charge in [-0.1, -0.05) is 0 Å². The standard InChI is InChI=1S/C18H19I2N4O4P/c1-4-27-29(26,28-5-2)10-12-8-22-15(9-21-12)17-23-16-13(18(25)24(17)3)6-11(19)7-14(16)20/h6-9H,4-5,10H2,1-3H3. The van der Waals surface area contributed by atoms with Crippen LogP contribution in [-0.4, -0.2) is 32.7 Å². The molecule has 0 spiro atoms. The fraction of sp³-hybridized carbons (Fsp3) is 0.333. The van der Waals surface area contributed by atoms with Crippen LogP contribution in [0.3, 0.4) is 0 Å². The molecule has 2 aromatic heterocycles. The summed E-state index contributed by atoms with van der Waals surface area (Å²) in [6.45, 7) is 4.08. The molecule has 1 aromatic carbocycles. The molecular weight excluding hydrogens is 621 g/mol. The van der Waals surface area contributed by atoms with E-state index in [0.717, 1.165) is 7.14 Å². The highest BCUT2D eigenvalue weighted by Crippen LogP contribution is 2.50. The maximum atomic E-state index is 12.8. The highest BCUT2D eigenvalue weighted by molar-refractivity contribution is 14.1. The summed E-state index contributed by atoms with van der Waals surface area (Å²) >= 11 is 4.35. The number of hydrogen-bond donors (Lipinski definition) is 0. The normalized spacial score (nSPS) is 11.9. The van der Waals surface area contributed by atoms with Crippen molar-refractivity contribution in [3.63, 3.8) is 0 Å². The van der Waals surface area contributed by atoms with Crippen molar-refractivity contribution in [2.45, 2.75) is 20.0 Å². The van der Waals surface area contributed by atoms with Crippen LogP contribution >= 0.6 is 52.8 Å². The first-order valence-corrected chi connectivity index (χ1v) is 12.7. The summed E-state index contributed by atoms with van der Waals surface area (Å²) in [4.78, 5) is 26.2. The van der Waals surface area contributed by atoms with Crippen molar-refractivity contribution in [3.05, 3.63) is 47.7 Å². The first-order chi connectivity index (χ1) is 13.8. The van der Waals surface area contributed by atoms with E-state index in [0.29, 0.717) is 28.1 Å². The lowest BCUT2D eigenvalue weighted by Gasteiger charge is -2.16. The molecule has 0 aliphatic rings. The maximum Gasteiger partial charge on any atom is 0.336 e. The molecule has 8 nitrogen and oxygen atoms in total. The largest absolute Gasteiger partial charge is 0.336 e. The molecule has 0 aliphatic carbocycles. The van der Waals surface area contributed by atoms with E-state index < -0.39 is 7.60 Å². The van der Waals surface area contributed by atoms with Gasteiger partial charge in [0.25, 0.3) is 5.56 Å². The molecule has 3 rings (SSSR count). The minimum absolute atomic E-state index is 0.0301. The third-order valence-electron chi connectivity index (χ3n) is 4.04. The van der Waals surface area contributed by atoms with Crippen LogP contribution in [0, 0.1) is 7.14 Å². The fourth-order valence-electron chi connectivity index (χ4n) is 2.80. The average molecular weight is 640 g/mol. The fourth-order valence-corrected chi connectivity index (χ4v) is 6.37. The predicted octanol–water partition coefficient (Wildman–Crippen LogP) is 4.37. The number of benzene rings is 1. The Morgan fingerprint density at radius 2 is 1.79 bits per heavy atom. The first-order valence-electron chi connectivity index (χ1n) is 8.83. The molecule has 29 heavy (non-hydrogen) atoms. The van der Waals surface area contributed by atoms with Crippen LogP contribution in [0.1, 0.15) is 19.5 Å². The smallest absolute Gasteiger partial charge is 0.309 e. The van der Waals surface area contributed by atoms with Gasteiger partial charge in [-0.3, -0.25) is 18.9 Å². The minimum atomic E-state index is -3.26. The molecule has 11 heteroatoms. The first kappa shape index (κ1) is 22.7. The van der Waals surface area contributed by atoms with Crippen molar-refractivity contribution < 1.29 is 13.6 Å². The maximum absolute atomic E-state index is 12.8. The third kappa shape index (κ3) is 5.04. The van der Waals surface area contributed by atoms with Gasteiger partial charge in [0.15, 0.2) is 5.82 Å². The minimum Gasteiger partial charge on any atom is -0.309 e. The average Bonchev–Trinajstić information content (AvgIpc) is 2.66. The lowest BCUT2D eigenvalue weighted by atomic mass is 10.2.